The lowest BCUT2D eigenvalue weighted by atomic mass is 9.53. The summed E-state index contributed by atoms with van der Waals surface area (Å²) in [4.78, 5) is 2.51. The van der Waals surface area contributed by atoms with E-state index in [2.05, 4.69) is 31.0 Å². The molecule has 1 aliphatic heterocycles. The van der Waals surface area contributed by atoms with Crippen LogP contribution in [0.5, 0.6) is 11.5 Å². The van der Waals surface area contributed by atoms with Crippen molar-refractivity contribution in [2.75, 3.05) is 27.8 Å². The van der Waals surface area contributed by atoms with Crippen LogP contribution < -0.4 is 4.74 Å². The summed E-state index contributed by atoms with van der Waals surface area (Å²) in [5.41, 5.74) is 2.20. The number of nitrogens with zero attached hydrogens (tertiary/aromatic N) is 1. The lowest BCUT2D eigenvalue weighted by Crippen LogP contribution is -2.59. The zero-order valence-electron chi connectivity index (χ0n) is 15.0. The van der Waals surface area contributed by atoms with Crippen molar-refractivity contribution < 1.29 is 14.6 Å². The molecule has 1 heterocycles. The summed E-state index contributed by atoms with van der Waals surface area (Å²) in [6.45, 7) is 3.29. The fourth-order valence-electron chi connectivity index (χ4n) is 5.44. The van der Waals surface area contributed by atoms with E-state index >= 15 is 0 Å². The number of hydrogen-bond donors (Lipinski definition) is 1. The monoisotopic (exact) mass is 329 g/mol. The number of rotatable bonds is 2. The third-order valence-corrected chi connectivity index (χ3v) is 6.64. The lowest BCUT2D eigenvalue weighted by Gasteiger charge is -2.57. The molecule has 1 aromatic rings. The van der Waals surface area contributed by atoms with Crippen LogP contribution in [0, 0.1) is 11.8 Å². The molecule has 0 saturated carbocycles. The van der Waals surface area contributed by atoms with Gasteiger partial charge in [-0.05, 0) is 56.5 Å². The van der Waals surface area contributed by atoms with Crippen molar-refractivity contribution in [3.63, 3.8) is 0 Å². The highest BCUT2D eigenvalue weighted by molar-refractivity contribution is 5.58. The average molecular weight is 329 g/mol. The largest absolute Gasteiger partial charge is 0.504 e. The molecule has 0 unspecified atom stereocenters. The molecule has 1 saturated heterocycles. The second-order valence-electron chi connectivity index (χ2n) is 7.69. The molecule has 3 aliphatic rings. The van der Waals surface area contributed by atoms with Crippen LogP contribution in [0.3, 0.4) is 0 Å². The first-order chi connectivity index (χ1) is 11.5. The van der Waals surface area contributed by atoms with Gasteiger partial charge in [0.25, 0.3) is 0 Å². The van der Waals surface area contributed by atoms with Crippen molar-refractivity contribution in [2.24, 2.45) is 11.8 Å². The Bertz CT molecular complexity index is 698. The fourth-order valence-corrected chi connectivity index (χ4v) is 5.44. The van der Waals surface area contributed by atoms with Crippen LogP contribution in [0.4, 0.5) is 0 Å². The van der Waals surface area contributed by atoms with Crippen LogP contribution in [0.15, 0.2) is 24.0 Å². The van der Waals surface area contributed by atoms with Crippen LogP contribution in [-0.4, -0.2) is 43.9 Å². The third-order valence-electron chi connectivity index (χ3n) is 6.64. The maximum atomic E-state index is 11.0. The Labute approximate surface area is 144 Å². The topological polar surface area (TPSA) is 41.9 Å². The molecule has 0 aromatic heterocycles. The summed E-state index contributed by atoms with van der Waals surface area (Å²) in [7, 11) is 5.63. The van der Waals surface area contributed by atoms with Gasteiger partial charge in [0.05, 0.1) is 20.0 Å². The molecular weight excluding hydrogens is 302 g/mol. The minimum atomic E-state index is -0.138. The van der Waals surface area contributed by atoms with Crippen LogP contribution >= 0.6 is 0 Å². The minimum absolute atomic E-state index is 0.138. The summed E-state index contributed by atoms with van der Waals surface area (Å²) in [6.07, 6.45) is 5.43. The zero-order chi connectivity index (χ0) is 17.1. The van der Waals surface area contributed by atoms with Crippen molar-refractivity contribution in [2.45, 2.75) is 37.6 Å². The summed E-state index contributed by atoms with van der Waals surface area (Å²) >= 11 is 0. The second kappa shape index (κ2) is 5.41. The molecule has 4 heteroatoms. The van der Waals surface area contributed by atoms with Crippen molar-refractivity contribution in [3.8, 4) is 11.5 Å². The summed E-state index contributed by atoms with van der Waals surface area (Å²) < 4.78 is 11.1. The molecule has 2 bridgehead atoms. The van der Waals surface area contributed by atoms with Crippen molar-refractivity contribution in [1.29, 1.82) is 0 Å². The van der Waals surface area contributed by atoms with Crippen molar-refractivity contribution >= 4 is 0 Å². The number of aromatic hydroxyl groups is 1. The first-order valence-electron chi connectivity index (χ1n) is 8.88. The molecule has 24 heavy (non-hydrogen) atoms. The minimum Gasteiger partial charge on any atom is -0.504 e. The quantitative estimate of drug-likeness (QED) is 0.905. The van der Waals surface area contributed by atoms with E-state index in [0.717, 1.165) is 37.1 Å². The van der Waals surface area contributed by atoms with Crippen LogP contribution in [0.25, 0.3) is 0 Å². The highest BCUT2D eigenvalue weighted by Crippen LogP contribution is 2.58. The van der Waals surface area contributed by atoms with Crippen molar-refractivity contribution in [3.05, 3.63) is 35.1 Å². The summed E-state index contributed by atoms with van der Waals surface area (Å²) in [5.74, 6) is 2.89. The fraction of sp³-hybridized carbons (Fsp3) is 0.600. The van der Waals surface area contributed by atoms with Gasteiger partial charge in [-0.3, -0.25) is 0 Å². The Morgan fingerprint density at radius 3 is 2.75 bits per heavy atom. The normalized spacial score (nSPS) is 34.8. The molecule has 1 N–H and O–H groups in total. The van der Waals surface area contributed by atoms with Gasteiger partial charge < -0.3 is 19.5 Å². The Kier molecular flexibility index (Phi) is 3.57. The number of likely N-dealkylation sites (tertiary alicyclic amines) is 1. The summed E-state index contributed by atoms with van der Waals surface area (Å²) in [6, 6.07) is 4.56. The van der Waals surface area contributed by atoms with E-state index in [1.54, 1.807) is 14.2 Å². The number of likely N-dealkylation sites (N-methyl/N-ethyl adjacent to an activating group) is 1. The average Bonchev–Trinajstić information content (AvgIpc) is 2.58. The number of piperidine rings is 1. The van der Waals surface area contributed by atoms with E-state index in [-0.39, 0.29) is 5.41 Å². The number of hydrogen-bond acceptors (Lipinski definition) is 4. The van der Waals surface area contributed by atoms with Crippen LogP contribution in [-0.2, 0) is 16.6 Å². The molecular formula is C20H27NO3. The SMILES string of the molecule is COC1=C[C@]23CCN(C)[C@H](Cc4ccc(OC)c(O)c42)[C@@H]3C[C@H]1C. The first-order valence-corrected chi connectivity index (χ1v) is 8.88. The standard InChI is InChI=1S/C20H27NO3/c1-12-9-14-15-10-13-5-6-16(23-3)19(22)18(13)20(14,7-8-21(15)2)11-17(12)24-4/h5-6,11-12,14-15,22H,7-10H2,1-4H3/t12-,14+,15-,20+/m1/s1. The molecule has 130 valence electrons. The lowest BCUT2D eigenvalue weighted by molar-refractivity contribution is 0.0233. The van der Waals surface area contributed by atoms with E-state index in [0.29, 0.717) is 29.4 Å². The number of methoxy groups -OCH3 is 2. The smallest absolute Gasteiger partial charge is 0.162 e. The zero-order valence-corrected chi connectivity index (χ0v) is 15.0. The molecule has 0 radical (unpaired) electrons. The maximum absolute atomic E-state index is 11.0. The van der Waals surface area contributed by atoms with Crippen LogP contribution in [0.2, 0.25) is 0 Å². The summed E-state index contributed by atoms with van der Waals surface area (Å²) in [5, 5.41) is 11.0. The number of phenols is 1. The molecule has 4 atom stereocenters. The predicted octanol–water partition coefficient (Wildman–Crippen LogP) is 3.09. The van der Waals surface area contributed by atoms with Gasteiger partial charge in [0, 0.05) is 22.9 Å². The van der Waals surface area contributed by atoms with Gasteiger partial charge in [-0.25, -0.2) is 0 Å². The van der Waals surface area contributed by atoms with E-state index in [1.807, 2.05) is 6.07 Å². The highest BCUT2D eigenvalue weighted by Gasteiger charge is 2.55. The molecule has 1 aromatic carbocycles. The van der Waals surface area contributed by atoms with Gasteiger partial charge in [-0.1, -0.05) is 13.0 Å². The van der Waals surface area contributed by atoms with Crippen LogP contribution in [0.1, 0.15) is 30.9 Å². The maximum Gasteiger partial charge on any atom is 0.162 e. The van der Waals surface area contributed by atoms with Gasteiger partial charge in [0.1, 0.15) is 0 Å². The molecule has 4 nitrogen and oxygen atoms in total. The Hall–Kier alpha value is -1.68. The van der Waals surface area contributed by atoms with Crippen molar-refractivity contribution in [1.82, 2.24) is 4.90 Å². The number of ether oxygens (including phenoxy) is 2. The van der Waals surface area contributed by atoms with E-state index in [1.165, 1.54) is 5.56 Å². The van der Waals surface area contributed by atoms with Gasteiger partial charge in [0.2, 0.25) is 0 Å². The van der Waals surface area contributed by atoms with Gasteiger partial charge >= 0.3 is 0 Å². The second-order valence-corrected chi connectivity index (χ2v) is 7.69. The molecule has 0 amide bonds. The van der Waals surface area contributed by atoms with E-state index in [9.17, 15) is 5.11 Å². The Balaban J connectivity index is 1.99. The number of allylic oxidation sites excluding steroid dienone is 2. The number of phenolic OH excluding ortho intramolecular Hbond substituents is 1. The molecule has 1 fully saturated rings. The van der Waals surface area contributed by atoms with E-state index in [4.69, 9.17) is 9.47 Å². The predicted molar refractivity (Wildman–Crippen MR) is 93.4 cm³/mol. The Morgan fingerprint density at radius 2 is 2.04 bits per heavy atom. The first kappa shape index (κ1) is 15.8. The number of benzene rings is 1. The molecule has 4 rings (SSSR count). The third kappa shape index (κ3) is 1.95. The Morgan fingerprint density at radius 1 is 1.25 bits per heavy atom. The highest BCUT2D eigenvalue weighted by atomic mass is 16.5. The van der Waals surface area contributed by atoms with Gasteiger partial charge in [-0.15, -0.1) is 0 Å². The van der Waals surface area contributed by atoms with Gasteiger partial charge in [-0.2, -0.15) is 0 Å². The van der Waals surface area contributed by atoms with E-state index < -0.39 is 0 Å². The molecule has 0 spiro atoms. The number of fused-ring (bicyclic) bond motifs is 1. The molecule has 2 aliphatic carbocycles. The van der Waals surface area contributed by atoms with Gasteiger partial charge in [0.15, 0.2) is 11.5 Å².